The molecule has 0 aliphatic carbocycles. The molecule has 26 heavy (non-hydrogen) atoms. The Kier molecular flexibility index (Phi) is 4.95. The van der Waals surface area contributed by atoms with E-state index in [9.17, 15) is 4.79 Å². The van der Waals surface area contributed by atoms with Crippen molar-refractivity contribution in [3.63, 3.8) is 0 Å². The number of nitrogens with zero attached hydrogens (tertiary/aromatic N) is 2. The predicted octanol–water partition coefficient (Wildman–Crippen LogP) is 4.57. The van der Waals surface area contributed by atoms with Gasteiger partial charge in [-0.3, -0.25) is 4.79 Å². The van der Waals surface area contributed by atoms with Crippen molar-refractivity contribution in [3.05, 3.63) is 83.2 Å². The summed E-state index contributed by atoms with van der Waals surface area (Å²) in [6.07, 6.45) is 1.61. The normalized spacial score (nSPS) is 10.0. The monoisotopic (exact) mass is 342 g/mol. The van der Waals surface area contributed by atoms with Gasteiger partial charge in [0, 0.05) is 11.4 Å². The van der Waals surface area contributed by atoms with E-state index in [1.165, 1.54) is 0 Å². The summed E-state index contributed by atoms with van der Waals surface area (Å²) < 4.78 is 0. The summed E-state index contributed by atoms with van der Waals surface area (Å²) in [7, 11) is 0. The first-order valence-corrected chi connectivity index (χ1v) is 8.17. The number of hydrogen-bond acceptors (Lipinski definition) is 4. The van der Waals surface area contributed by atoms with E-state index < -0.39 is 0 Å². The maximum absolute atomic E-state index is 12.4. The number of nitriles is 1. The Morgan fingerprint density at radius 3 is 2.38 bits per heavy atom. The minimum atomic E-state index is -0.247. The van der Waals surface area contributed by atoms with E-state index in [0.29, 0.717) is 11.3 Å². The topological polar surface area (TPSA) is 77.8 Å². The lowest BCUT2D eigenvalue weighted by molar-refractivity contribution is 0.102. The fraction of sp³-hybridized carbons (Fsp3) is 0.0952. The average molecular weight is 342 g/mol. The molecule has 2 N–H and O–H groups in total. The molecule has 2 aromatic carbocycles. The predicted molar refractivity (Wildman–Crippen MR) is 103 cm³/mol. The van der Waals surface area contributed by atoms with Crippen LogP contribution in [0.15, 0.2) is 60.8 Å². The van der Waals surface area contributed by atoms with Gasteiger partial charge in [0.25, 0.3) is 5.91 Å². The molecular weight excluding hydrogens is 324 g/mol. The number of amides is 1. The molecule has 0 bridgehead atoms. The first-order chi connectivity index (χ1) is 12.5. The zero-order chi connectivity index (χ0) is 18.5. The highest BCUT2D eigenvalue weighted by Gasteiger charge is 2.09. The van der Waals surface area contributed by atoms with Gasteiger partial charge in [0.2, 0.25) is 0 Å². The van der Waals surface area contributed by atoms with Crippen molar-refractivity contribution in [2.24, 2.45) is 0 Å². The third-order valence-electron chi connectivity index (χ3n) is 3.94. The van der Waals surface area contributed by atoms with Crippen molar-refractivity contribution in [3.8, 4) is 6.07 Å². The summed E-state index contributed by atoms with van der Waals surface area (Å²) in [6.45, 7) is 3.93. The maximum atomic E-state index is 12.4. The Morgan fingerprint density at radius 1 is 1.00 bits per heavy atom. The van der Waals surface area contributed by atoms with Crippen molar-refractivity contribution < 1.29 is 4.79 Å². The van der Waals surface area contributed by atoms with Crippen LogP contribution in [0, 0.1) is 25.2 Å². The molecule has 0 aliphatic rings. The number of aryl methyl sites for hydroxylation is 2. The Bertz CT molecular complexity index is 970. The summed E-state index contributed by atoms with van der Waals surface area (Å²) in [5.74, 6) is -0.247. The smallest absolute Gasteiger partial charge is 0.274 e. The second-order valence-electron chi connectivity index (χ2n) is 6.02. The first-order valence-electron chi connectivity index (χ1n) is 8.17. The van der Waals surface area contributed by atoms with Crippen LogP contribution >= 0.6 is 0 Å². The molecule has 0 spiro atoms. The lowest BCUT2D eigenvalue weighted by Crippen LogP contribution is -2.14. The molecule has 0 atom stereocenters. The lowest BCUT2D eigenvalue weighted by Gasteiger charge is -2.10. The van der Waals surface area contributed by atoms with Gasteiger partial charge in [-0.05, 0) is 67.4 Å². The molecule has 0 unspecified atom stereocenters. The van der Waals surface area contributed by atoms with Gasteiger partial charge in [0.1, 0.15) is 5.69 Å². The SMILES string of the molecule is Cc1ccc(C)c(NC(=O)c2ccc(Nc3ccc(C#N)cc3)cn2)c1. The van der Waals surface area contributed by atoms with Gasteiger partial charge in [-0.15, -0.1) is 0 Å². The van der Waals surface area contributed by atoms with Crippen LogP contribution in [0.2, 0.25) is 0 Å². The molecule has 128 valence electrons. The standard InChI is InChI=1S/C21H18N4O/c1-14-3-4-15(2)20(11-14)25-21(26)19-10-9-18(13-23-19)24-17-7-5-16(12-22)6-8-17/h3-11,13,24H,1-2H3,(H,25,26). The lowest BCUT2D eigenvalue weighted by atomic mass is 10.1. The molecule has 0 saturated carbocycles. The van der Waals surface area contributed by atoms with Crippen LogP contribution in [0.5, 0.6) is 0 Å². The van der Waals surface area contributed by atoms with Gasteiger partial charge in [-0.1, -0.05) is 12.1 Å². The number of anilines is 3. The molecule has 0 fully saturated rings. The van der Waals surface area contributed by atoms with Crippen LogP contribution in [0.4, 0.5) is 17.1 Å². The van der Waals surface area contributed by atoms with E-state index in [2.05, 4.69) is 21.7 Å². The Balaban J connectivity index is 1.69. The zero-order valence-electron chi connectivity index (χ0n) is 14.6. The number of carbonyl (C=O) groups excluding carboxylic acids is 1. The Labute approximate surface area is 152 Å². The van der Waals surface area contributed by atoms with Crippen molar-refractivity contribution >= 4 is 23.0 Å². The van der Waals surface area contributed by atoms with Crippen molar-refractivity contribution in [2.75, 3.05) is 10.6 Å². The van der Waals surface area contributed by atoms with E-state index in [4.69, 9.17) is 5.26 Å². The number of carbonyl (C=O) groups is 1. The van der Waals surface area contributed by atoms with Crippen LogP contribution in [0.25, 0.3) is 0 Å². The minimum absolute atomic E-state index is 0.247. The summed E-state index contributed by atoms with van der Waals surface area (Å²) >= 11 is 0. The molecule has 1 heterocycles. The van der Waals surface area contributed by atoms with Crippen molar-refractivity contribution in [1.29, 1.82) is 5.26 Å². The number of nitrogens with one attached hydrogen (secondary N) is 2. The molecule has 3 rings (SSSR count). The molecule has 5 nitrogen and oxygen atoms in total. The highest BCUT2D eigenvalue weighted by Crippen LogP contribution is 2.19. The van der Waals surface area contributed by atoms with Crippen LogP contribution in [0.3, 0.4) is 0 Å². The molecule has 0 radical (unpaired) electrons. The Morgan fingerprint density at radius 2 is 1.73 bits per heavy atom. The van der Waals surface area contributed by atoms with E-state index in [0.717, 1.165) is 28.2 Å². The Hall–Kier alpha value is -3.65. The van der Waals surface area contributed by atoms with E-state index in [1.807, 2.05) is 44.2 Å². The zero-order valence-corrected chi connectivity index (χ0v) is 14.6. The van der Waals surface area contributed by atoms with Crippen LogP contribution < -0.4 is 10.6 Å². The third kappa shape index (κ3) is 4.05. The second kappa shape index (κ2) is 7.49. The van der Waals surface area contributed by atoms with Gasteiger partial charge in [0.15, 0.2) is 0 Å². The average Bonchev–Trinajstić information content (AvgIpc) is 2.66. The highest BCUT2D eigenvalue weighted by atomic mass is 16.1. The van der Waals surface area contributed by atoms with Gasteiger partial charge < -0.3 is 10.6 Å². The van der Waals surface area contributed by atoms with E-state index in [1.54, 1.807) is 30.5 Å². The summed E-state index contributed by atoms with van der Waals surface area (Å²) in [4.78, 5) is 16.6. The van der Waals surface area contributed by atoms with Gasteiger partial charge >= 0.3 is 0 Å². The number of rotatable bonds is 4. The van der Waals surface area contributed by atoms with Gasteiger partial charge in [0.05, 0.1) is 23.5 Å². The molecular formula is C21H18N4O. The van der Waals surface area contributed by atoms with E-state index in [-0.39, 0.29) is 5.91 Å². The number of hydrogen-bond donors (Lipinski definition) is 2. The van der Waals surface area contributed by atoms with Crippen molar-refractivity contribution in [1.82, 2.24) is 4.98 Å². The third-order valence-corrected chi connectivity index (χ3v) is 3.94. The number of benzene rings is 2. The largest absolute Gasteiger partial charge is 0.354 e. The second-order valence-corrected chi connectivity index (χ2v) is 6.02. The van der Waals surface area contributed by atoms with Gasteiger partial charge in [-0.25, -0.2) is 4.98 Å². The molecule has 1 amide bonds. The summed E-state index contributed by atoms with van der Waals surface area (Å²) in [6, 6.07) is 18.6. The molecule has 0 saturated heterocycles. The van der Waals surface area contributed by atoms with Crippen LogP contribution in [-0.4, -0.2) is 10.9 Å². The first kappa shape index (κ1) is 17.2. The molecule has 3 aromatic rings. The van der Waals surface area contributed by atoms with Gasteiger partial charge in [-0.2, -0.15) is 5.26 Å². The van der Waals surface area contributed by atoms with E-state index >= 15 is 0 Å². The fourth-order valence-corrected chi connectivity index (χ4v) is 2.45. The maximum Gasteiger partial charge on any atom is 0.274 e. The number of aromatic nitrogens is 1. The molecule has 0 aliphatic heterocycles. The number of pyridine rings is 1. The highest BCUT2D eigenvalue weighted by molar-refractivity contribution is 6.03. The van der Waals surface area contributed by atoms with Crippen LogP contribution in [0.1, 0.15) is 27.2 Å². The van der Waals surface area contributed by atoms with Crippen LogP contribution in [-0.2, 0) is 0 Å². The summed E-state index contributed by atoms with van der Waals surface area (Å²) in [5, 5.41) is 14.9. The quantitative estimate of drug-likeness (QED) is 0.728. The summed E-state index contributed by atoms with van der Waals surface area (Å²) in [5.41, 5.74) is 5.43. The fourth-order valence-electron chi connectivity index (χ4n) is 2.45. The minimum Gasteiger partial charge on any atom is -0.354 e. The molecule has 5 heteroatoms. The van der Waals surface area contributed by atoms with Crippen molar-refractivity contribution in [2.45, 2.75) is 13.8 Å². The molecule has 1 aromatic heterocycles.